The van der Waals surface area contributed by atoms with Gasteiger partial charge in [-0.15, -0.1) is 0 Å². The minimum atomic E-state index is -3.76. The summed E-state index contributed by atoms with van der Waals surface area (Å²) in [6.07, 6.45) is 0. The van der Waals surface area contributed by atoms with Gasteiger partial charge in [-0.2, -0.15) is 4.31 Å². The molecule has 0 heterocycles. The second-order valence-corrected chi connectivity index (χ2v) is 6.00. The van der Waals surface area contributed by atoms with Crippen molar-refractivity contribution in [2.75, 3.05) is 34.9 Å². The summed E-state index contributed by atoms with van der Waals surface area (Å²) in [4.78, 5) is 11.3. The molecule has 112 valence electrons. The van der Waals surface area contributed by atoms with E-state index in [4.69, 9.17) is 9.47 Å². The summed E-state index contributed by atoms with van der Waals surface area (Å²) in [5.74, 6) is 0.346. The van der Waals surface area contributed by atoms with Crippen LogP contribution in [0.4, 0.5) is 0 Å². The number of nitrogens with zero attached hydrogens (tertiary/aromatic N) is 1. The molecule has 0 aliphatic carbocycles. The van der Waals surface area contributed by atoms with E-state index in [1.165, 1.54) is 46.5 Å². The van der Waals surface area contributed by atoms with Gasteiger partial charge in [0.1, 0.15) is 0 Å². The van der Waals surface area contributed by atoms with Crippen LogP contribution < -0.4 is 14.8 Å². The number of rotatable bonds is 6. The van der Waals surface area contributed by atoms with Crippen molar-refractivity contribution in [1.29, 1.82) is 0 Å². The lowest BCUT2D eigenvalue weighted by atomic mass is 10.3. The topological polar surface area (TPSA) is 84.9 Å². The van der Waals surface area contributed by atoms with E-state index >= 15 is 0 Å². The summed E-state index contributed by atoms with van der Waals surface area (Å²) in [5.41, 5.74) is 0. The van der Waals surface area contributed by atoms with Gasteiger partial charge in [-0.1, -0.05) is 0 Å². The smallest absolute Gasteiger partial charge is 0.243 e. The normalized spacial score (nSPS) is 11.2. The van der Waals surface area contributed by atoms with Gasteiger partial charge >= 0.3 is 0 Å². The lowest BCUT2D eigenvalue weighted by Gasteiger charge is -2.17. The Morgan fingerprint density at radius 3 is 2.35 bits per heavy atom. The second-order valence-electron chi connectivity index (χ2n) is 3.95. The third-order valence-corrected chi connectivity index (χ3v) is 4.51. The number of benzene rings is 1. The zero-order chi connectivity index (χ0) is 15.3. The molecule has 0 saturated heterocycles. The summed E-state index contributed by atoms with van der Waals surface area (Å²) in [5, 5.41) is 2.37. The number of likely N-dealkylation sites (N-methyl/N-ethyl adjacent to an activating group) is 2. The maximum atomic E-state index is 12.3. The van der Waals surface area contributed by atoms with Crippen LogP contribution in [-0.2, 0) is 14.8 Å². The van der Waals surface area contributed by atoms with Gasteiger partial charge < -0.3 is 14.8 Å². The van der Waals surface area contributed by atoms with E-state index in [0.717, 1.165) is 4.31 Å². The second kappa shape index (κ2) is 6.58. The summed E-state index contributed by atoms with van der Waals surface area (Å²) >= 11 is 0. The molecule has 0 aromatic heterocycles. The minimum Gasteiger partial charge on any atom is -0.493 e. The molecule has 20 heavy (non-hydrogen) atoms. The average molecular weight is 302 g/mol. The highest BCUT2D eigenvalue weighted by Gasteiger charge is 2.24. The van der Waals surface area contributed by atoms with Crippen LogP contribution in [0.25, 0.3) is 0 Å². The zero-order valence-corrected chi connectivity index (χ0v) is 12.7. The Morgan fingerprint density at radius 1 is 1.25 bits per heavy atom. The molecule has 1 N–H and O–H groups in total. The van der Waals surface area contributed by atoms with Gasteiger partial charge in [0.15, 0.2) is 11.5 Å². The molecule has 7 nitrogen and oxygen atoms in total. The number of carbonyl (C=O) groups is 1. The first kappa shape index (κ1) is 16.3. The molecule has 1 aromatic rings. The largest absolute Gasteiger partial charge is 0.493 e. The minimum absolute atomic E-state index is 0.0292. The molecular weight excluding hydrogens is 284 g/mol. The predicted molar refractivity (Wildman–Crippen MR) is 73.4 cm³/mol. The predicted octanol–water partition coefficient (Wildman–Crippen LogP) is 0.0703. The Morgan fingerprint density at radius 2 is 1.85 bits per heavy atom. The van der Waals surface area contributed by atoms with Crippen molar-refractivity contribution in [1.82, 2.24) is 9.62 Å². The fourth-order valence-electron chi connectivity index (χ4n) is 1.52. The number of hydrogen-bond donors (Lipinski definition) is 1. The monoisotopic (exact) mass is 302 g/mol. The van der Waals surface area contributed by atoms with E-state index < -0.39 is 15.9 Å². The number of amides is 1. The molecule has 0 bridgehead atoms. The van der Waals surface area contributed by atoms with Gasteiger partial charge in [0, 0.05) is 20.2 Å². The number of carbonyl (C=O) groups excluding carboxylic acids is 1. The molecule has 8 heteroatoms. The van der Waals surface area contributed by atoms with Crippen molar-refractivity contribution in [3.8, 4) is 11.5 Å². The quantitative estimate of drug-likeness (QED) is 0.804. The number of ether oxygens (including phenoxy) is 2. The van der Waals surface area contributed by atoms with E-state index in [0.29, 0.717) is 11.5 Å². The SMILES string of the molecule is CNC(=O)CN(C)S(=O)(=O)c1ccc(OC)c(OC)c1. The van der Waals surface area contributed by atoms with E-state index in [9.17, 15) is 13.2 Å². The van der Waals surface area contributed by atoms with Crippen LogP contribution in [0.5, 0.6) is 11.5 Å². The maximum absolute atomic E-state index is 12.3. The fraction of sp³-hybridized carbons (Fsp3) is 0.417. The number of methoxy groups -OCH3 is 2. The van der Waals surface area contributed by atoms with Gasteiger partial charge in [-0.25, -0.2) is 8.42 Å². The highest BCUT2D eigenvalue weighted by molar-refractivity contribution is 7.89. The Balaban J connectivity index is 3.12. The Kier molecular flexibility index (Phi) is 5.34. The summed E-state index contributed by atoms with van der Waals surface area (Å²) in [6, 6.07) is 4.25. The molecule has 0 spiro atoms. The first-order valence-electron chi connectivity index (χ1n) is 5.75. The lowest BCUT2D eigenvalue weighted by molar-refractivity contribution is -0.120. The van der Waals surface area contributed by atoms with Gasteiger partial charge in [-0.3, -0.25) is 4.79 Å². The molecular formula is C12H18N2O5S. The van der Waals surface area contributed by atoms with Gasteiger partial charge in [-0.05, 0) is 12.1 Å². The first-order valence-corrected chi connectivity index (χ1v) is 7.19. The molecule has 0 aliphatic heterocycles. The third kappa shape index (κ3) is 3.40. The number of sulfonamides is 1. The van der Waals surface area contributed by atoms with Crippen LogP contribution in [0.1, 0.15) is 0 Å². The van der Waals surface area contributed by atoms with Crippen LogP contribution >= 0.6 is 0 Å². The van der Waals surface area contributed by atoms with Crippen molar-refractivity contribution in [2.24, 2.45) is 0 Å². The zero-order valence-electron chi connectivity index (χ0n) is 11.8. The van der Waals surface area contributed by atoms with Crippen LogP contribution in [0.2, 0.25) is 0 Å². The van der Waals surface area contributed by atoms with Gasteiger partial charge in [0.05, 0.1) is 25.7 Å². The molecule has 0 saturated carbocycles. The van der Waals surface area contributed by atoms with Crippen LogP contribution in [0.15, 0.2) is 23.1 Å². The van der Waals surface area contributed by atoms with Crippen molar-refractivity contribution in [2.45, 2.75) is 4.90 Å². The molecule has 0 aliphatic rings. The Hall–Kier alpha value is -1.80. The molecule has 1 amide bonds. The van der Waals surface area contributed by atoms with Crippen LogP contribution in [0.3, 0.4) is 0 Å². The molecule has 0 atom stereocenters. The molecule has 0 fully saturated rings. The summed E-state index contributed by atoms with van der Waals surface area (Å²) in [6.45, 7) is -0.257. The van der Waals surface area contributed by atoms with E-state index in [1.807, 2.05) is 0 Å². The Bertz CT molecular complexity index is 586. The van der Waals surface area contributed by atoms with Gasteiger partial charge in [0.2, 0.25) is 15.9 Å². The highest BCUT2D eigenvalue weighted by Crippen LogP contribution is 2.30. The van der Waals surface area contributed by atoms with Crippen LogP contribution in [-0.4, -0.2) is 53.5 Å². The summed E-state index contributed by atoms with van der Waals surface area (Å²) < 4.78 is 35.7. The van der Waals surface area contributed by atoms with E-state index in [1.54, 1.807) is 0 Å². The van der Waals surface area contributed by atoms with Crippen LogP contribution in [0, 0.1) is 0 Å². The van der Waals surface area contributed by atoms with Crippen molar-refractivity contribution in [3.05, 3.63) is 18.2 Å². The average Bonchev–Trinajstić information content (AvgIpc) is 2.45. The summed E-state index contributed by atoms with van der Waals surface area (Å²) in [7, 11) is 1.89. The van der Waals surface area contributed by atoms with Gasteiger partial charge in [0.25, 0.3) is 0 Å². The Labute approximate surface area is 118 Å². The fourth-order valence-corrected chi connectivity index (χ4v) is 2.67. The number of hydrogen-bond acceptors (Lipinski definition) is 5. The van der Waals surface area contributed by atoms with Crippen molar-refractivity contribution in [3.63, 3.8) is 0 Å². The van der Waals surface area contributed by atoms with E-state index in [2.05, 4.69) is 5.32 Å². The first-order chi connectivity index (χ1) is 9.36. The van der Waals surface area contributed by atoms with E-state index in [-0.39, 0.29) is 11.4 Å². The molecule has 1 rings (SSSR count). The van der Waals surface area contributed by atoms with Crippen molar-refractivity contribution < 1.29 is 22.7 Å². The van der Waals surface area contributed by atoms with Crippen molar-refractivity contribution >= 4 is 15.9 Å². The molecule has 0 radical (unpaired) electrons. The maximum Gasteiger partial charge on any atom is 0.243 e. The molecule has 1 aromatic carbocycles. The highest BCUT2D eigenvalue weighted by atomic mass is 32.2. The standard InChI is InChI=1S/C12H18N2O5S/c1-13-12(15)8-14(2)20(16,17)9-5-6-10(18-3)11(7-9)19-4/h5-7H,8H2,1-4H3,(H,13,15). The number of nitrogens with one attached hydrogen (secondary N) is 1. The lowest BCUT2D eigenvalue weighted by Crippen LogP contribution is -2.36. The third-order valence-electron chi connectivity index (χ3n) is 2.71. The molecule has 0 unspecified atom stereocenters.